The molecule has 0 N–H and O–H groups in total. The average molecular weight is 326 g/mol. The summed E-state index contributed by atoms with van der Waals surface area (Å²) in [5, 5.41) is 2.05. The zero-order valence-electron chi connectivity index (χ0n) is 8.05. The van der Waals surface area contributed by atoms with E-state index in [2.05, 4.69) is 20.9 Å². The Labute approximate surface area is 106 Å². The number of halogens is 5. The van der Waals surface area contributed by atoms with Crippen LogP contribution in [0.4, 0.5) is 17.6 Å². The first-order valence-electron chi connectivity index (χ1n) is 4.36. The van der Waals surface area contributed by atoms with Crippen molar-refractivity contribution in [3.05, 3.63) is 39.6 Å². The van der Waals surface area contributed by atoms with Crippen molar-refractivity contribution in [2.75, 3.05) is 0 Å². The highest BCUT2D eigenvalue weighted by atomic mass is 79.9. The SMILES string of the molecule is Fc1ccc(-c2nc(Br)cs2)cc1C(F)(F)F. The third kappa shape index (κ3) is 2.66. The number of aromatic nitrogens is 1. The molecule has 1 nitrogen and oxygen atoms in total. The zero-order valence-corrected chi connectivity index (χ0v) is 10.5. The van der Waals surface area contributed by atoms with Crippen molar-refractivity contribution >= 4 is 27.3 Å². The van der Waals surface area contributed by atoms with Crippen LogP contribution < -0.4 is 0 Å². The third-order valence-corrected chi connectivity index (χ3v) is 3.60. The Kier molecular flexibility index (Phi) is 3.22. The topological polar surface area (TPSA) is 12.9 Å². The molecule has 0 amide bonds. The van der Waals surface area contributed by atoms with Gasteiger partial charge in [-0.15, -0.1) is 11.3 Å². The van der Waals surface area contributed by atoms with Gasteiger partial charge in [-0.05, 0) is 34.1 Å². The lowest BCUT2D eigenvalue weighted by Gasteiger charge is -2.08. The molecule has 0 aliphatic rings. The molecular formula is C10H4BrF4NS. The minimum Gasteiger partial charge on any atom is -0.229 e. The largest absolute Gasteiger partial charge is 0.419 e. The van der Waals surface area contributed by atoms with Crippen LogP contribution in [-0.2, 0) is 6.18 Å². The fourth-order valence-corrected chi connectivity index (χ4v) is 2.51. The Bertz CT molecular complexity index is 549. The van der Waals surface area contributed by atoms with E-state index in [-0.39, 0.29) is 5.56 Å². The fraction of sp³-hybridized carbons (Fsp3) is 0.100. The van der Waals surface area contributed by atoms with E-state index >= 15 is 0 Å². The molecule has 0 aliphatic heterocycles. The van der Waals surface area contributed by atoms with Crippen molar-refractivity contribution < 1.29 is 17.6 Å². The molecule has 7 heteroatoms. The van der Waals surface area contributed by atoms with Crippen molar-refractivity contribution in [1.29, 1.82) is 0 Å². The second-order valence-corrected chi connectivity index (χ2v) is 4.84. The van der Waals surface area contributed by atoms with Crippen LogP contribution >= 0.6 is 27.3 Å². The highest BCUT2D eigenvalue weighted by Gasteiger charge is 2.34. The Morgan fingerprint density at radius 3 is 2.47 bits per heavy atom. The van der Waals surface area contributed by atoms with Gasteiger partial charge in [0.25, 0.3) is 0 Å². The minimum absolute atomic E-state index is 0.245. The van der Waals surface area contributed by atoms with Crippen LogP contribution in [0.25, 0.3) is 10.6 Å². The molecule has 0 fully saturated rings. The van der Waals surface area contributed by atoms with E-state index in [0.717, 1.165) is 12.1 Å². The molecule has 0 radical (unpaired) electrons. The number of rotatable bonds is 1. The van der Waals surface area contributed by atoms with Crippen LogP contribution in [-0.4, -0.2) is 4.98 Å². The Morgan fingerprint density at radius 2 is 1.94 bits per heavy atom. The van der Waals surface area contributed by atoms with Gasteiger partial charge in [0.2, 0.25) is 0 Å². The van der Waals surface area contributed by atoms with Gasteiger partial charge < -0.3 is 0 Å². The second-order valence-electron chi connectivity index (χ2n) is 3.17. The molecule has 1 aromatic carbocycles. The van der Waals surface area contributed by atoms with E-state index in [1.165, 1.54) is 17.4 Å². The predicted molar refractivity (Wildman–Crippen MR) is 60.2 cm³/mol. The minimum atomic E-state index is -4.70. The number of thiazole rings is 1. The summed E-state index contributed by atoms with van der Waals surface area (Å²) in [6.07, 6.45) is -4.70. The van der Waals surface area contributed by atoms with Crippen molar-refractivity contribution in [3.63, 3.8) is 0 Å². The van der Waals surface area contributed by atoms with Gasteiger partial charge in [0.15, 0.2) is 0 Å². The summed E-state index contributed by atoms with van der Waals surface area (Å²) >= 11 is 4.28. The number of hydrogen-bond acceptors (Lipinski definition) is 2. The molecule has 90 valence electrons. The lowest BCUT2D eigenvalue weighted by Crippen LogP contribution is -2.08. The molecule has 1 aromatic heterocycles. The Morgan fingerprint density at radius 1 is 1.24 bits per heavy atom. The summed E-state index contributed by atoms with van der Waals surface area (Å²) in [4.78, 5) is 3.98. The van der Waals surface area contributed by atoms with Gasteiger partial charge in [-0.25, -0.2) is 9.37 Å². The van der Waals surface area contributed by atoms with Crippen molar-refractivity contribution in [2.45, 2.75) is 6.18 Å². The molecule has 0 unspecified atom stereocenters. The van der Waals surface area contributed by atoms with Crippen LogP contribution in [0.5, 0.6) is 0 Å². The quantitative estimate of drug-likeness (QED) is 0.691. The fourth-order valence-electron chi connectivity index (χ4n) is 1.26. The highest BCUT2D eigenvalue weighted by Crippen LogP contribution is 2.35. The molecule has 0 aliphatic carbocycles. The van der Waals surface area contributed by atoms with Gasteiger partial charge in [-0.2, -0.15) is 13.2 Å². The van der Waals surface area contributed by atoms with Gasteiger partial charge >= 0.3 is 6.18 Å². The van der Waals surface area contributed by atoms with Crippen LogP contribution in [0.2, 0.25) is 0 Å². The van der Waals surface area contributed by atoms with Gasteiger partial charge in [-0.3, -0.25) is 0 Å². The normalized spacial score (nSPS) is 11.8. The van der Waals surface area contributed by atoms with E-state index in [0.29, 0.717) is 9.61 Å². The first-order chi connectivity index (χ1) is 7.88. The molecular weight excluding hydrogens is 322 g/mol. The smallest absolute Gasteiger partial charge is 0.229 e. The van der Waals surface area contributed by atoms with Crippen molar-refractivity contribution in [1.82, 2.24) is 4.98 Å². The summed E-state index contributed by atoms with van der Waals surface area (Å²) in [6, 6.07) is 2.84. The maximum Gasteiger partial charge on any atom is 0.419 e. The summed E-state index contributed by atoms with van der Waals surface area (Å²) in [7, 11) is 0. The summed E-state index contributed by atoms with van der Waals surface area (Å²) in [5.41, 5.74) is -1.03. The van der Waals surface area contributed by atoms with E-state index in [9.17, 15) is 17.6 Å². The predicted octanol–water partition coefficient (Wildman–Crippen LogP) is 4.73. The molecule has 2 rings (SSSR count). The van der Waals surface area contributed by atoms with Crippen LogP contribution in [0.15, 0.2) is 28.2 Å². The van der Waals surface area contributed by atoms with Crippen molar-refractivity contribution in [2.24, 2.45) is 0 Å². The van der Waals surface area contributed by atoms with Crippen molar-refractivity contribution in [3.8, 4) is 10.6 Å². The monoisotopic (exact) mass is 325 g/mol. The molecule has 1 heterocycles. The van der Waals surface area contributed by atoms with E-state index < -0.39 is 17.6 Å². The van der Waals surface area contributed by atoms with Crippen LogP contribution in [0.1, 0.15) is 5.56 Å². The standard InChI is InChI=1S/C10H4BrF4NS/c11-8-4-17-9(16-8)5-1-2-7(12)6(3-5)10(13,14)15/h1-4H. The summed E-state index contributed by atoms with van der Waals surface area (Å²) in [6.45, 7) is 0. The molecule has 0 bridgehead atoms. The van der Waals surface area contributed by atoms with Gasteiger partial charge in [-0.1, -0.05) is 0 Å². The van der Waals surface area contributed by atoms with Gasteiger partial charge in [0.05, 0.1) is 5.56 Å². The second kappa shape index (κ2) is 4.38. The van der Waals surface area contributed by atoms with Gasteiger partial charge in [0.1, 0.15) is 15.4 Å². The molecule has 0 atom stereocenters. The van der Waals surface area contributed by atoms with Gasteiger partial charge in [0, 0.05) is 10.9 Å². The molecule has 0 saturated carbocycles. The molecule has 0 saturated heterocycles. The average Bonchev–Trinajstić information content (AvgIpc) is 2.64. The first-order valence-corrected chi connectivity index (χ1v) is 6.03. The van der Waals surface area contributed by atoms with Crippen LogP contribution in [0.3, 0.4) is 0 Å². The lowest BCUT2D eigenvalue weighted by molar-refractivity contribution is -0.139. The maximum absolute atomic E-state index is 13.0. The summed E-state index contributed by atoms with van der Waals surface area (Å²) < 4.78 is 51.0. The van der Waals surface area contributed by atoms with E-state index in [4.69, 9.17) is 0 Å². The Balaban J connectivity index is 2.51. The third-order valence-electron chi connectivity index (χ3n) is 1.99. The summed E-state index contributed by atoms with van der Waals surface area (Å²) in [5.74, 6) is -1.28. The van der Waals surface area contributed by atoms with E-state index in [1.807, 2.05) is 0 Å². The number of hydrogen-bond donors (Lipinski definition) is 0. The number of nitrogens with zero attached hydrogens (tertiary/aromatic N) is 1. The number of benzene rings is 1. The zero-order chi connectivity index (χ0) is 12.6. The maximum atomic E-state index is 13.0. The molecule has 0 spiro atoms. The first kappa shape index (κ1) is 12.5. The molecule has 2 aromatic rings. The highest BCUT2D eigenvalue weighted by molar-refractivity contribution is 9.10. The lowest BCUT2D eigenvalue weighted by atomic mass is 10.1. The molecule has 17 heavy (non-hydrogen) atoms. The number of alkyl halides is 3. The Hall–Kier alpha value is -0.950. The van der Waals surface area contributed by atoms with E-state index in [1.54, 1.807) is 5.38 Å². The van der Waals surface area contributed by atoms with Crippen LogP contribution in [0, 0.1) is 5.82 Å².